The van der Waals surface area contributed by atoms with E-state index in [9.17, 15) is 9.59 Å². The molecule has 0 bridgehead atoms. The number of hydrogen-bond donors (Lipinski definition) is 0. The summed E-state index contributed by atoms with van der Waals surface area (Å²) in [6.07, 6.45) is 1.98. The van der Waals surface area contributed by atoms with Crippen LogP contribution in [-0.4, -0.2) is 32.3 Å². The molecule has 1 unspecified atom stereocenters. The first-order chi connectivity index (χ1) is 15.4. The molecule has 180 valence electrons. The van der Waals surface area contributed by atoms with Gasteiger partial charge in [0.05, 0.1) is 0 Å². The Kier molecular flexibility index (Phi) is 9.21. The molecule has 0 aliphatic rings. The lowest BCUT2D eigenvalue weighted by atomic mass is 9.98. The molecule has 0 spiro atoms. The van der Waals surface area contributed by atoms with Gasteiger partial charge in [-0.1, -0.05) is 81.4 Å². The third kappa shape index (κ3) is 7.12. The zero-order valence-corrected chi connectivity index (χ0v) is 22.3. The molecule has 0 radical (unpaired) electrons. The predicted molar refractivity (Wildman–Crippen MR) is 137 cm³/mol. The smallest absolute Gasteiger partial charge is 0.316 e. The van der Waals surface area contributed by atoms with Gasteiger partial charge >= 0.3 is 5.97 Å². The lowest BCUT2D eigenvalue weighted by Gasteiger charge is -2.43. The SMILES string of the molecule is CC(=O)C(CCCCO[Si](c1ccccc1)(c1ccccc1)C(C)(C)C)C(=O)OC(C)(C)C. The van der Waals surface area contributed by atoms with Gasteiger partial charge in [0, 0.05) is 6.61 Å². The Balaban J connectivity index is 2.16. The number of ketones is 1. The van der Waals surface area contributed by atoms with Gasteiger partial charge in [-0.3, -0.25) is 9.59 Å². The van der Waals surface area contributed by atoms with E-state index in [0.29, 0.717) is 13.0 Å². The average molecular weight is 469 g/mol. The molecule has 0 N–H and O–H groups in total. The van der Waals surface area contributed by atoms with Crippen LogP contribution in [0.5, 0.6) is 0 Å². The monoisotopic (exact) mass is 468 g/mol. The Morgan fingerprint density at radius 1 is 0.818 bits per heavy atom. The summed E-state index contributed by atoms with van der Waals surface area (Å²) in [7, 11) is -2.56. The molecular formula is C28H40O4Si. The molecule has 0 fully saturated rings. The number of ether oxygens (including phenoxy) is 1. The van der Waals surface area contributed by atoms with Crippen LogP contribution in [0, 0.1) is 5.92 Å². The van der Waals surface area contributed by atoms with Gasteiger partial charge in [-0.05, 0) is 62.4 Å². The minimum absolute atomic E-state index is 0.0753. The lowest BCUT2D eigenvalue weighted by molar-refractivity contribution is -0.162. The van der Waals surface area contributed by atoms with E-state index >= 15 is 0 Å². The molecule has 33 heavy (non-hydrogen) atoms. The number of hydrogen-bond acceptors (Lipinski definition) is 4. The minimum atomic E-state index is -2.56. The molecule has 2 aromatic carbocycles. The molecule has 4 nitrogen and oxygen atoms in total. The van der Waals surface area contributed by atoms with Crippen LogP contribution in [0.3, 0.4) is 0 Å². The second-order valence-electron chi connectivity index (χ2n) is 10.7. The van der Waals surface area contributed by atoms with Gasteiger partial charge in [0.25, 0.3) is 8.32 Å². The summed E-state index contributed by atoms with van der Waals surface area (Å²) in [5.74, 6) is -1.28. The molecule has 2 rings (SSSR count). The average Bonchev–Trinajstić information content (AvgIpc) is 2.72. The van der Waals surface area contributed by atoms with Crippen molar-refractivity contribution in [1.29, 1.82) is 0 Å². The number of benzene rings is 2. The van der Waals surface area contributed by atoms with Gasteiger partial charge in [-0.25, -0.2) is 0 Å². The third-order valence-electron chi connectivity index (χ3n) is 5.80. The zero-order valence-electron chi connectivity index (χ0n) is 21.3. The Morgan fingerprint density at radius 2 is 1.30 bits per heavy atom. The summed E-state index contributed by atoms with van der Waals surface area (Å²) in [5.41, 5.74) is -0.600. The van der Waals surface area contributed by atoms with Crippen molar-refractivity contribution in [2.45, 2.75) is 78.4 Å². The highest BCUT2D eigenvalue weighted by Gasteiger charge is 2.49. The van der Waals surface area contributed by atoms with Crippen LogP contribution in [0.1, 0.15) is 67.7 Å². The highest BCUT2D eigenvalue weighted by atomic mass is 28.4. The zero-order chi connectivity index (χ0) is 24.7. The highest BCUT2D eigenvalue weighted by Crippen LogP contribution is 2.36. The quantitative estimate of drug-likeness (QED) is 0.206. The third-order valence-corrected chi connectivity index (χ3v) is 10.8. The number of carbonyl (C=O) groups is 2. The van der Waals surface area contributed by atoms with E-state index in [1.807, 2.05) is 32.9 Å². The molecule has 0 amide bonds. The van der Waals surface area contributed by atoms with Gasteiger partial charge in [-0.15, -0.1) is 0 Å². The summed E-state index contributed by atoms with van der Waals surface area (Å²) in [6.45, 7) is 14.3. The summed E-state index contributed by atoms with van der Waals surface area (Å²) >= 11 is 0. The second-order valence-corrected chi connectivity index (χ2v) is 15.0. The molecule has 0 aliphatic heterocycles. The molecule has 5 heteroatoms. The Labute approximate surface area is 200 Å². The molecule has 1 atom stereocenters. The van der Waals surface area contributed by atoms with Crippen molar-refractivity contribution in [3.05, 3.63) is 60.7 Å². The fraction of sp³-hybridized carbons (Fsp3) is 0.500. The van der Waals surface area contributed by atoms with Crippen LogP contribution >= 0.6 is 0 Å². The van der Waals surface area contributed by atoms with E-state index in [-0.39, 0.29) is 10.8 Å². The van der Waals surface area contributed by atoms with Gasteiger partial charge in [0.15, 0.2) is 0 Å². The molecule has 0 aliphatic carbocycles. The predicted octanol–water partition coefficient (Wildman–Crippen LogP) is 5.28. The van der Waals surface area contributed by atoms with Crippen molar-refractivity contribution in [2.75, 3.05) is 6.61 Å². The van der Waals surface area contributed by atoms with E-state index in [1.54, 1.807) is 0 Å². The first-order valence-electron chi connectivity index (χ1n) is 11.9. The molecule has 0 aromatic heterocycles. The maximum absolute atomic E-state index is 12.5. The number of unbranched alkanes of at least 4 members (excludes halogenated alkanes) is 1. The van der Waals surface area contributed by atoms with E-state index in [4.69, 9.17) is 9.16 Å². The fourth-order valence-corrected chi connectivity index (χ4v) is 8.90. The molecule has 2 aromatic rings. The van der Waals surface area contributed by atoms with E-state index in [0.717, 1.165) is 12.8 Å². The van der Waals surface area contributed by atoms with Crippen molar-refractivity contribution in [1.82, 2.24) is 0 Å². The first kappa shape index (κ1) is 27.0. The maximum Gasteiger partial charge on any atom is 0.316 e. The van der Waals surface area contributed by atoms with Crippen molar-refractivity contribution < 1.29 is 18.8 Å². The second kappa shape index (κ2) is 11.3. The van der Waals surface area contributed by atoms with E-state index in [1.165, 1.54) is 17.3 Å². The summed E-state index contributed by atoms with van der Waals surface area (Å²) < 4.78 is 12.3. The molecule has 0 saturated carbocycles. The lowest BCUT2D eigenvalue weighted by Crippen LogP contribution is -2.66. The number of Topliss-reactive ketones (excluding diaryl/α,β-unsaturated/α-hetero) is 1. The van der Waals surface area contributed by atoms with Crippen LogP contribution in [0.25, 0.3) is 0 Å². The van der Waals surface area contributed by atoms with Crippen LogP contribution in [0.15, 0.2) is 60.7 Å². The molecule has 0 saturated heterocycles. The summed E-state index contributed by atoms with van der Waals surface area (Å²) in [5, 5.41) is 2.42. The normalized spacial score (nSPS) is 13.4. The molecule has 0 heterocycles. The number of rotatable bonds is 10. The maximum atomic E-state index is 12.5. The van der Waals surface area contributed by atoms with Gasteiger partial charge in [0.2, 0.25) is 0 Å². The Hall–Kier alpha value is -2.24. The van der Waals surface area contributed by atoms with E-state index in [2.05, 4.69) is 69.3 Å². The van der Waals surface area contributed by atoms with Crippen LogP contribution in [0.4, 0.5) is 0 Å². The topological polar surface area (TPSA) is 52.6 Å². The number of carbonyl (C=O) groups excluding carboxylic acids is 2. The molecular weight excluding hydrogens is 428 g/mol. The van der Waals surface area contributed by atoms with Crippen molar-refractivity contribution in [3.8, 4) is 0 Å². The summed E-state index contributed by atoms with van der Waals surface area (Å²) in [6, 6.07) is 21.1. The van der Waals surface area contributed by atoms with Crippen molar-refractivity contribution in [3.63, 3.8) is 0 Å². The fourth-order valence-electron chi connectivity index (χ4n) is 4.30. The van der Waals surface area contributed by atoms with Gasteiger partial charge in [0.1, 0.15) is 17.3 Å². The summed E-state index contributed by atoms with van der Waals surface area (Å²) in [4.78, 5) is 24.5. The van der Waals surface area contributed by atoms with E-state index < -0.39 is 25.8 Å². The van der Waals surface area contributed by atoms with Crippen molar-refractivity contribution in [2.24, 2.45) is 5.92 Å². The standard InChI is InChI=1S/C28H40O4Si/c1-22(29)25(26(30)32-27(2,3)4)20-14-15-21-31-33(28(5,6)7,23-16-10-8-11-17-23)24-18-12-9-13-19-24/h8-13,16-19,25H,14-15,20-21H2,1-7H3. The van der Waals surface area contributed by atoms with Crippen LogP contribution in [0.2, 0.25) is 5.04 Å². The van der Waals surface area contributed by atoms with Crippen LogP contribution in [-0.2, 0) is 18.8 Å². The van der Waals surface area contributed by atoms with Gasteiger partial charge in [-0.2, -0.15) is 0 Å². The highest BCUT2D eigenvalue weighted by molar-refractivity contribution is 6.99. The van der Waals surface area contributed by atoms with Gasteiger partial charge < -0.3 is 9.16 Å². The number of esters is 1. The Morgan fingerprint density at radius 3 is 1.70 bits per heavy atom. The van der Waals surface area contributed by atoms with Crippen molar-refractivity contribution >= 4 is 30.4 Å². The largest absolute Gasteiger partial charge is 0.459 e. The first-order valence-corrected chi connectivity index (χ1v) is 13.8. The minimum Gasteiger partial charge on any atom is -0.459 e. The Bertz CT molecular complexity index is 855. The van der Waals surface area contributed by atoms with Crippen LogP contribution < -0.4 is 10.4 Å².